The van der Waals surface area contributed by atoms with Gasteiger partial charge in [-0.1, -0.05) is 12.1 Å². The third kappa shape index (κ3) is 4.42. The highest BCUT2D eigenvalue weighted by Crippen LogP contribution is 2.43. The fourth-order valence-corrected chi connectivity index (χ4v) is 14.0. The molecule has 14 heteroatoms. The Kier molecular flexibility index (Phi) is 6.44. The van der Waals surface area contributed by atoms with Crippen molar-refractivity contribution in [1.29, 1.82) is 0 Å². The molecule has 0 aliphatic carbocycles. The van der Waals surface area contributed by atoms with Crippen molar-refractivity contribution in [3.05, 3.63) is 58.7 Å². The summed E-state index contributed by atoms with van der Waals surface area (Å²) in [6.07, 6.45) is 0. The first-order valence-electron chi connectivity index (χ1n) is 12.1. The van der Waals surface area contributed by atoms with E-state index in [4.69, 9.17) is 0 Å². The van der Waals surface area contributed by atoms with Gasteiger partial charge in [-0.2, -0.15) is 8.61 Å². The van der Waals surface area contributed by atoms with E-state index < -0.39 is 86.9 Å². The maximum Gasteiger partial charge on any atom is 0.243 e. The average Bonchev–Trinajstić information content (AvgIpc) is 3.27. The molecule has 3 aliphatic heterocycles. The molecular weight excluding hydrogens is 573 g/mol. The van der Waals surface area contributed by atoms with Crippen LogP contribution in [0.4, 0.5) is 0 Å². The molecule has 0 aromatic heterocycles. The van der Waals surface area contributed by atoms with Gasteiger partial charge >= 0.3 is 0 Å². The Morgan fingerprint density at radius 2 is 0.842 bits per heavy atom. The van der Waals surface area contributed by atoms with Crippen LogP contribution in [0.15, 0.2) is 46.2 Å². The van der Waals surface area contributed by atoms with Gasteiger partial charge in [-0.15, -0.1) is 0 Å². The normalized spacial score (nSPS) is 29.2. The third-order valence-electron chi connectivity index (χ3n) is 8.00. The van der Waals surface area contributed by atoms with Gasteiger partial charge in [0.2, 0.25) is 20.0 Å². The molecular formula is C24H30N2O8S4. The molecule has 4 atom stereocenters. The van der Waals surface area contributed by atoms with Crippen molar-refractivity contribution in [3.8, 4) is 0 Å². The zero-order valence-corrected chi connectivity index (χ0v) is 24.7. The lowest BCUT2D eigenvalue weighted by Gasteiger charge is -2.49. The van der Waals surface area contributed by atoms with Crippen LogP contribution < -0.4 is 0 Å². The Morgan fingerprint density at radius 3 is 1.11 bits per heavy atom. The van der Waals surface area contributed by atoms with Crippen LogP contribution in [0.25, 0.3) is 0 Å². The molecule has 10 nitrogen and oxygen atoms in total. The molecule has 0 N–H and O–H groups in total. The second-order valence-corrected chi connectivity index (χ2v) is 18.6. The zero-order chi connectivity index (χ0) is 28.0. The van der Waals surface area contributed by atoms with Gasteiger partial charge in [0.05, 0.1) is 57.0 Å². The molecule has 0 spiro atoms. The summed E-state index contributed by atoms with van der Waals surface area (Å²) in [4.78, 5) is -0.172. The molecule has 3 fully saturated rings. The predicted octanol–water partition coefficient (Wildman–Crippen LogP) is 0.947. The second-order valence-electron chi connectivity index (χ2n) is 10.6. The fourth-order valence-electron chi connectivity index (χ4n) is 5.79. The summed E-state index contributed by atoms with van der Waals surface area (Å²) in [6.45, 7) is 7.13. The average molecular weight is 603 g/mol. The Morgan fingerprint density at radius 1 is 0.553 bits per heavy atom. The number of hydrogen-bond donors (Lipinski definition) is 0. The van der Waals surface area contributed by atoms with Gasteiger partial charge in [-0.25, -0.2) is 33.7 Å². The van der Waals surface area contributed by atoms with Crippen LogP contribution in [0.5, 0.6) is 0 Å². The number of aryl methyl sites for hydroxylation is 4. The standard InChI is InChI=1S/C24H30N2O8S4/c1-15-5-7-19(9-17(15)3)37(31,32)25-21-11-35(27,28)13-23(21)26(24-14-36(29,30)12-22(24)25)38(33,34)20-8-6-16(2)18(4)10-20/h5-10,21-24H,11-14H2,1-4H3/t21-,22-,23+,24+. The number of hydrogen-bond acceptors (Lipinski definition) is 8. The molecule has 0 amide bonds. The lowest BCUT2D eigenvalue weighted by Crippen LogP contribution is -2.69. The molecule has 3 saturated heterocycles. The van der Waals surface area contributed by atoms with Crippen molar-refractivity contribution in [2.75, 3.05) is 23.0 Å². The van der Waals surface area contributed by atoms with Crippen molar-refractivity contribution < 1.29 is 33.7 Å². The van der Waals surface area contributed by atoms with Gasteiger partial charge in [0.15, 0.2) is 19.7 Å². The summed E-state index contributed by atoms with van der Waals surface area (Å²) in [5.74, 6) is -2.37. The minimum atomic E-state index is -4.37. The Labute approximate surface area is 224 Å². The zero-order valence-electron chi connectivity index (χ0n) is 21.4. The van der Waals surface area contributed by atoms with Crippen LogP contribution >= 0.6 is 0 Å². The lowest BCUT2D eigenvalue weighted by molar-refractivity contribution is 0.0841. The number of fused-ring (bicyclic) bond motifs is 2. The molecule has 5 rings (SSSR count). The van der Waals surface area contributed by atoms with Gasteiger partial charge in [0.1, 0.15) is 0 Å². The number of piperazine rings is 1. The minimum absolute atomic E-state index is 0.0860. The monoisotopic (exact) mass is 602 g/mol. The first-order chi connectivity index (χ1) is 17.4. The van der Waals surface area contributed by atoms with Gasteiger partial charge in [0.25, 0.3) is 0 Å². The van der Waals surface area contributed by atoms with E-state index in [9.17, 15) is 33.7 Å². The molecule has 0 unspecified atom stereocenters. The van der Waals surface area contributed by atoms with E-state index in [2.05, 4.69) is 0 Å². The van der Waals surface area contributed by atoms with Crippen molar-refractivity contribution in [2.45, 2.75) is 61.7 Å². The predicted molar refractivity (Wildman–Crippen MR) is 142 cm³/mol. The first kappa shape index (κ1) is 27.7. The molecule has 3 aliphatic rings. The van der Waals surface area contributed by atoms with Crippen molar-refractivity contribution in [2.24, 2.45) is 0 Å². The number of nitrogens with zero attached hydrogens (tertiary/aromatic N) is 2. The quantitative estimate of drug-likeness (QED) is 0.503. The van der Waals surface area contributed by atoms with Crippen LogP contribution in [-0.4, -0.2) is 89.5 Å². The van der Waals surface area contributed by atoms with E-state index in [1.165, 1.54) is 24.3 Å². The number of rotatable bonds is 4. The molecule has 3 heterocycles. The summed E-state index contributed by atoms with van der Waals surface area (Å²) in [5.41, 5.74) is 3.12. The Bertz CT molecular complexity index is 1600. The summed E-state index contributed by atoms with van der Waals surface area (Å²) in [5, 5.41) is 0. The summed E-state index contributed by atoms with van der Waals surface area (Å²) >= 11 is 0. The highest BCUT2D eigenvalue weighted by molar-refractivity contribution is 7.93. The SMILES string of the molecule is Cc1ccc(S(=O)(=O)N2[C@@H]3CS(=O)(=O)C[C@@H]3N(S(=O)(=O)c3ccc(C)c(C)c3)[C@H]3CS(=O)(=O)C[C@H]32)cc1C. The lowest BCUT2D eigenvalue weighted by atomic mass is 10.0. The summed E-state index contributed by atoms with van der Waals surface area (Å²) in [7, 11) is -16.4. The Balaban J connectivity index is 1.71. The van der Waals surface area contributed by atoms with Crippen molar-refractivity contribution >= 4 is 39.7 Å². The Hall–Kier alpha value is -1.84. The second kappa shape index (κ2) is 8.83. The third-order valence-corrected chi connectivity index (χ3v) is 15.3. The van der Waals surface area contributed by atoms with E-state index in [1.807, 2.05) is 13.8 Å². The van der Waals surface area contributed by atoms with Crippen LogP contribution in [0.1, 0.15) is 22.3 Å². The van der Waals surface area contributed by atoms with E-state index in [0.717, 1.165) is 19.7 Å². The van der Waals surface area contributed by atoms with Crippen molar-refractivity contribution in [1.82, 2.24) is 8.61 Å². The van der Waals surface area contributed by atoms with Crippen LogP contribution in [-0.2, 0) is 39.7 Å². The molecule has 2 aromatic rings. The highest BCUT2D eigenvalue weighted by Gasteiger charge is 2.63. The first-order valence-corrected chi connectivity index (χ1v) is 18.6. The van der Waals surface area contributed by atoms with E-state index in [1.54, 1.807) is 26.0 Å². The fraction of sp³-hybridized carbons (Fsp3) is 0.500. The molecule has 0 bridgehead atoms. The number of sulfonamides is 2. The maximum atomic E-state index is 14.0. The molecule has 2 aromatic carbocycles. The number of sulfone groups is 2. The van der Waals surface area contributed by atoms with Crippen LogP contribution in [0, 0.1) is 27.7 Å². The van der Waals surface area contributed by atoms with Gasteiger partial charge in [0, 0.05) is 0 Å². The summed E-state index contributed by atoms with van der Waals surface area (Å²) in [6, 6.07) is 3.98. The van der Waals surface area contributed by atoms with E-state index >= 15 is 0 Å². The van der Waals surface area contributed by atoms with E-state index in [-0.39, 0.29) is 9.79 Å². The molecule has 38 heavy (non-hydrogen) atoms. The minimum Gasteiger partial charge on any atom is -0.229 e. The van der Waals surface area contributed by atoms with Crippen molar-refractivity contribution in [3.63, 3.8) is 0 Å². The van der Waals surface area contributed by atoms with Gasteiger partial charge < -0.3 is 0 Å². The molecule has 0 radical (unpaired) electrons. The largest absolute Gasteiger partial charge is 0.243 e. The smallest absolute Gasteiger partial charge is 0.229 e. The highest BCUT2D eigenvalue weighted by atomic mass is 32.2. The van der Waals surface area contributed by atoms with Crippen LogP contribution in [0.2, 0.25) is 0 Å². The maximum absolute atomic E-state index is 14.0. The molecule has 208 valence electrons. The molecule has 0 saturated carbocycles. The summed E-state index contributed by atoms with van der Waals surface area (Å²) < 4.78 is 110. The topological polar surface area (TPSA) is 143 Å². The van der Waals surface area contributed by atoms with Crippen LogP contribution in [0.3, 0.4) is 0 Å². The van der Waals surface area contributed by atoms with E-state index in [0.29, 0.717) is 11.1 Å². The van der Waals surface area contributed by atoms with Gasteiger partial charge in [-0.3, -0.25) is 0 Å². The van der Waals surface area contributed by atoms with Gasteiger partial charge in [-0.05, 0) is 74.2 Å². The number of benzene rings is 2.